The molecule has 3 aliphatic carbocycles. The number of anilines is 1. The van der Waals surface area contributed by atoms with E-state index in [1.54, 1.807) is 0 Å². The van der Waals surface area contributed by atoms with Gasteiger partial charge >= 0.3 is 5.97 Å². The summed E-state index contributed by atoms with van der Waals surface area (Å²) < 4.78 is 2.05. The van der Waals surface area contributed by atoms with Crippen LogP contribution in [-0.2, 0) is 4.79 Å². The Morgan fingerprint density at radius 1 is 1.28 bits per heavy atom. The van der Waals surface area contributed by atoms with Gasteiger partial charge in [-0.25, -0.2) is 4.98 Å². The molecule has 134 valence electrons. The van der Waals surface area contributed by atoms with Gasteiger partial charge in [-0.05, 0) is 69.0 Å². The van der Waals surface area contributed by atoms with Crippen molar-refractivity contribution in [2.45, 2.75) is 51.6 Å². The lowest BCUT2D eigenvalue weighted by atomic mass is 9.61. The molecule has 3 fully saturated rings. The van der Waals surface area contributed by atoms with Crippen LogP contribution >= 0.6 is 11.6 Å². The van der Waals surface area contributed by atoms with Gasteiger partial charge in [-0.2, -0.15) is 4.98 Å². The van der Waals surface area contributed by atoms with Gasteiger partial charge in [0.25, 0.3) is 0 Å². The largest absolute Gasteiger partial charge is 0.481 e. The zero-order valence-electron chi connectivity index (χ0n) is 14.4. The van der Waals surface area contributed by atoms with Crippen LogP contribution in [0.4, 0.5) is 5.82 Å². The second kappa shape index (κ2) is 6.16. The summed E-state index contributed by atoms with van der Waals surface area (Å²) in [7, 11) is 0. The normalized spacial score (nSPS) is 28.6. The highest BCUT2D eigenvalue weighted by Gasteiger charge is 2.47. The molecule has 6 nitrogen and oxygen atoms in total. The fourth-order valence-electron chi connectivity index (χ4n) is 4.70. The summed E-state index contributed by atoms with van der Waals surface area (Å²) in [6.45, 7) is 4.17. The van der Waals surface area contributed by atoms with E-state index in [1.807, 2.05) is 12.3 Å². The number of nitrogens with zero attached hydrogens (tertiary/aromatic N) is 3. The molecule has 2 aromatic heterocycles. The summed E-state index contributed by atoms with van der Waals surface area (Å²) in [5, 5.41) is 14.3. The lowest BCUT2D eigenvalue weighted by molar-refractivity contribution is -0.148. The molecular formula is C18H23ClN4O2. The van der Waals surface area contributed by atoms with Crippen molar-refractivity contribution in [1.29, 1.82) is 0 Å². The van der Waals surface area contributed by atoms with Crippen LogP contribution in [0.25, 0.3) is 11.0 Å². The Kier molecular flexibility index (Phi) is 4.10. The molecule has 0 amide bonds. The van der Waals surface area contributed by atoms with E-state index in [9.17, 15) is 9.90 Å². The molecule has 3 saturated carbocycles. The van der Waals surface area contributed by atoms with Crippen LogP contribution in [0.2, 0.25) is 5.28 Å². The van der Waals surface area contributed by atoms with Gasteiger partial charge in [0.2, 0.25) is 5.28 Å². The molecule has 2 aromatic rings. The molecule has 2 bridgehead atoms. The van der Waals surface area contributed by atoms with Gasteiger partial charge in [0.1, 0.15) is 11.5 Å². The number of hydrogen-bond donors (Lipinski definition) is 2. The molecule has 5 rings (SSSR count). The second-order valence-corrected chi connectivity index (χ2v) is 7.94. The summed E-state index contributed by atoms with van der Waals surface area (Å²) >= 11 is 6.16. The second-order valence-electron chi connectivity index (χ2n) is 7.60. The Hall–Kier alpha value is -1.82. The monoisotopic (exact) mass is 362 g/mol. The van der Waals surface area contributed by atoms with E-state index in [1.165, 1.54) is 0 Å². The quantitative estimate of drug-likeness (QED) is 0.804. The van der Waals surface area contributed by atoms with Crippen LogP contribution in [0, 0.1) is 17.8 Å². The van der Waals surface area contributed by atoms with E-state index in [0.717, 1.165) is 36.7 Å². The van der Waals surface area contributed by atoms with Crippen molar-refractivity contribution in [3.05, 3.63) is 17.5 Å². The van der Waals surface area contributed by atoms with E-state index in [0.29, 0.717) is 11.7 Å². The number of carboxylic acid groups (broad SMARTS) is 1. The van der Waals surface area contributed by atoms with Gasteiger partial charge in [0, 0.05) is 18.3 Å². The van der Waals surface area contributed by atoms with E-state index < -0.39 is 5.97 Å². The molecule has 2 heterocycles. The molecule has 0 aromatic carbocycles. The first-order valence-corrected chi connectivity index (χ1v) is 9.37. The smallest absolute Gasteiger partial charge is 0.308 e. The molecule has 0 saturated heterocycles. The predicted octanol–water partition coefficient (Wildman–Crippen LogP) is 3.97. The van der Waals surface area contributed by atoms with E-state index in [2.05, 4.69) is 33.7 Å². The topological polar surface area (TPSA) is 80.0 Å². The fourth-order valence-corrected chi connectivity index (χ4v) is 4.87. The minimum Gasteiger partial charge on any atom is -0.481 e. The highest BCUT2D eigenvalue weighted by molar-refractivity contribution is 6.28. The molecule has 2 N–H and O–H groups in total. The number of carboxylic acids is 1. The molecule has 2 atom stereocenters. The fraction of sp³-hybridized carbons (Fsp3) is 0.611. The Balaban J connectivity index is 1.74. The third kappa shape index (κ3) is 2.76. The summed E-state index contributed by atoms with van der Waals surface area (Å²) in [5.41, 5.74) is 0.783. The SMILES string of the molecule is CC(C)n1ccc2c(N[C@H]3C4CCC(CC4)[C@@H]3C(=O)O)nc(Cl)nc21. The summed E-state index contributed by atoms with van der Waals surface area (Å²) in [6.07, 6.45) is 6.18. The van der Waals surface area contributed by atoms with Crippen molar-refractivity contribution in [2.75, 3.05) is 5.32 Å². The van der Waals surface area contributed by atoms with Crippen LogP contribution in [0.5, 0.6) is 0 Å². The van der Waals surface area contributed by atoms with E-state index >= 15 is 0 Å². The van der Waals surface area contributed by atoms with Crippen LogP contribution in [-0.4, -0.2) is 31.7 Å². The van der Waals surface area contributed by atoms with Crippen LogP contribution < -0.4 is 5.32 Å². The zero-order chi connectivity index (χ0) is 17.7. The van der Waals surface area contributed by atoms with Gasteiger partial charge in [-0.1, -0.05) is 0 Å². The minimum absolute atomic E-state index is 0.0958. The maximum Gasteiger partial charge on any atom is 0.308 e. The first kappa shape index (κ1) is 16.6. The molecule has 0 spiro atoms. The number of nitrogens with one attached hydrogen (secondary N) is 1. The third-order valence-electron chi connectivity index (χ3n) is 5.91. The van der Waals surface area contributed by atoms with Crippen molar-refractivity contribution in [3.63, 3.8) is 0 Å². The number of fused-ring (bicyclic) bond motifs is 4. The van der Waals surface area contributed by atoms with Crippen LogP contribution in [0.1, 0.15) is 45.6 Å². The average Bonchev–Trinajstić information content (AvgIpc) is 2.99. The lowest BCUT2D eigenvalue weighted by Gasteiger charge is -2.47. The summed E-state index contributed by atoms with van der Waals surface area (Å²) in [4.78, 5) is 20.6. The Morgan fingerprint density at radius 3 is 2.60 bits per heavy atom. The van der Waals surface area contributed by atoms with Gasteiger partial charge in [0.05, 0.1) is 11.3 Å². The first-order chi connectivity index (χ1) is 12.0. The summed E-state index contributed by atoms with van der Waals surface area (Å²) in [5.74, 6) is 0.222. The summed E-state index contributed by atoms with van der Waals surface area (Å²) in [6, 6.07) is 2.14. The number of carbonyl (C=O) groups is 1. The molecule has 25 heavy (non-hydrogen) atoms. The van der Waals surface area contributed by atoms with Crippen molar-refractivity contribution < 1.29 is 9.90 Å². The highest BCUT2D eigenvalue weighted by Crippen LogP contribution is 2.46. The van der Waals surface area contributed by atoms with Crippen molar-refractivity contribution in [3.8, 4) is 0 Å². The molecule has 0 radical (unpaired) electrons. The Bertz CT molecular complexity index is 811. The predicted molar refractivity (Wildman–Crippen MR) is 96.9 cm³/mol. The van der Waals surface area contributed by atoms with Gasteiger partial charge in [0.15, 0.2) is 0 Å². The standard InChI is InChI=1S/C18H23ClN4O2/c1-9(2)23-8-7-12-15(21-18(19)22-16(12)23)20-14-11-5-3-10(4-6-11)13(14)17(24)25/h7-11,13-14H,3-6H2,1-2H3,(H,24,25)(H,20,21,22)/t10?,11?,13-,14-/m0/s1. The van der Waals surface area contributed by atoms with Gasteiger partial charge in [-0.15, -0.1) is 0 Å². The van der Waals surface area contributed by atoms with Crippen molar-refractivity contribution >= 4 is 34.4 Å². The zero-order valence-corrected chi connectivity index (χ0v) is 15.2. The van der Waals surface area contributed by atoms with Crippen LogP contribution in [0.15, 0.2) is 12.3 Å². The van der Waals surface area contributed by atoms with Gasteiger partial charge < -0.3 is 15.0 Å². The molecular weight excluding hydrogens is 340 g/mol. The molecule has 0 aliphatic heterocycles. The van der Waals surface area contributed by atoms with Crippen molar-refractivity contribution in [2.24, 2.45) is 17.8 Å². The molecule has 7 heteroatoms. The van der Waals surface area contributed by atoms with Crippen molar-refractivity contribution in [1.82, 2.24) is 14.5 Å². The van der Waals surface area contributed by atoms with Gasteiger partial charge in [-0.3, -0.25) is 4.79 Å². The number of rotatable bonds is 4. The minimum atomic E-state index is -0.706. The Labute approximate surface area is 151 Å². The number of halogens is 1. The molecule has 3 aliphatic rings. The highest BCUT2D eigenvalue weighted by atomic mass is 35.5. The first-order valence-electron chi connectivity index (χ1n) is 8.99. The lowest BCUT2D eigenvalue weighted by Crippen LogP contribution is -2.51. The number of aromatic nitrogens is 3. The average molecular weight is 363 g/mol. The third-order valence-corrected chi connectivity index (χ3v) is 6.08. The maximum absolute atomic E-state index is 11.9. The van der Waals surface area contributed by atoms with Crippen LogP contribution in [0.3, 0.4) is 0 Å². The van der Waals surface area contributed by atoms with E-state index in [4.69, 9.17) is 11.6 Å². The Morgan fingerprint density at radius 2 is 1.96 bits per heavy atom. The number of aliphatic carboxylic acids is 1. The van der Waals surface area contributed by atoms with E-state index in [-0.39, 0.29) is 29.2 Å². The number of hydrogen-bond acceptors (Lipinski definition) is 4. The maximum atomic E-state index is 11.9. The molecule has 0 unspecified atom stereocenters.